The summed E-state index contributed by atoms with van der Waals surface area (Å²) in [5, 5.41) is 0. The maximum atomic E-state index is 11.9. The summed E-state index contributed by atoms with van der Waals surface area (Å²) in [6.45, 7) is 4.21. The number of hydrogen-bond acceptors (Lipinski definition) is 5. The zero-order valence-electron chi connectivity index (χ0n) is 14.7. The van der Waals surface area contributed by atoms with E-state index in [1.165, 1.54) is 0 Å². The standard InChI is InChI=1S/C20H22O5/c1-4-6-15-7-12-18(19(13-15)22-3)24-14-20(21)25-17-10-8-16(9-11-17)23-5-2/h4,6-13H,5,14H2,1-3H3/b6-4+. The third kappa shape index (κ3) is 5.57. The summed E-state index contributed by atoms with van der Waals surface area (Å²) in [6.07, 6.45) is 3.88. The first kappa shape index (κ1) is 18.4. The third-order valence-electron chi connectivity index (χ3n) is 3.26. The highest BCUT2D eigenvalue weighted by atomic mass is 16.6. The van der Waals surface area contributed by atoms with Crippen molar-refractivity contribution in [3.63, 3.8) is 0 Å². The van der Waals surface area contributed by atoms with E-state index >= 15 is 0 Å². The lowest BCUT2D eigenvalue weighted by Crippen LogP contribution is -2.17. The second kappa shape index (κ2) is 9.37. The number of carbonyl (C=O) groups excluding carboxylic acids is 1. The van der Waals surface area contributed by atoms with E-state index in [-0.39, 0.29) is 6.61 Å². The fraction of sp³-hybridized carbons (Fsp3) is 0.250. The van der Waals surface area contributed by atoms with Crippen LogP contribution in [0.25, 0.3) is 6.08 Å². The maximum Gasteiger partial charge on any atom is 0.349 e. The van der Waals surface area contributed by atoms with Crippen LogP contribution in [0.1, 0.15) is 19.4 Å². The number of rotatable bonds is 8. The van der Waals surface area contributed by atoms with Crippen LogP contribution in [0.5, 0.6) is 23.0 Å². The summed E-state index contributed by atoms with van der Waals surface area (Å²) in [5.41, 5.74) is 0.990. The molecule has 25 heavy (non-hydrogen) atoms. The fourth-order valence-corrected chi connectivity index (χ4v) is 2.17. The van der Waals surface area contributed by atoms with Crippen molar-refractivity contribution in [2.24, 2.45) is 0 Å². The lowest BCUT2D eigenvalue weighted by atomic mass is 10.2. The van der Waals surface area contributed by atoms with Crippen molar-refractivity contribution in [3.05, 3.63) is 54.1 Å². The van der Waals surface area contributed by atoms with E-state index in [0.29, 0.717) is 23.9 Å². The second-order valence-corrected chi connectivity index (χ2v) is 5.08. The Morgan fingerprint density at radius 3 is 2.36 bits per heavy atom. The Balaban J connectivity index is 1.93. The molecule has 0 atom stereocenters. The van der Waals surface area contributed by atoms with E-state index in [2.05, 4.69) is 0 Å². The minimum absolute atomic E-state index is 0.216. The summed E-state index contributed by atoms with van der Waals surface area (Å²) in [5.74, 6) is 1.71. The summed E-state index contributed by atoms with van der Waals surface area (Å²) in [4.78, 5) is 11.9. The molecule has 0 aromatic heterocycles. The van der Waals surface area contributed by atoms with E-state index in [1.54, 1.807) is 37.4 Å². The molecule has 0 saturated carbocycles. The van der Waals surface area contributed by atoms with Crippen LogP contribution in [-0.2, 0) is 4.79 Å². The van der Waals surface area contributed by atoms with Crippen LogP contribution < -0.4 is 18.9 Å². The molecule has 0 spiro atoms. The Morgan fingerprint density at radius 1 is 1.00 bits per heavy atom. The van der Waals surface area contributed by atoms with Crippen LogP contribution in [0.15, 0.2) is 48.5 Å². The molecule has 0 radical (unpaired) electrons. The molecule has 132 valence electrons. The Bertz CT molecular complexity index is 719. The number of methoxy groups -OCH3 is 1. The number of esters is 1. The molecule has 2 aromatic rings. The first-order valence-electron chi connectivity index (χ1n) is 8.03. The van der Waals surface area contributed by atoms with Gasteiger partial charge in [0.1, 0.15) is 11.5 Å². The molecule has 0 heterocycles. The molecule has 5 nitrogen and oxygen atoms in total. The van der Waals surface area contributed by atoms with Gasteiger partial charge in [0.15, 0.2) is 18.1 Å². The Hall–Kier alpha value is -2.95. The number of benzene rings is 2. The molecule has 0 aliphatic carbocycles. The predicted molar refractivity (Wildman–Crippen MR) is 96.4 cm³/mol. The van der Waals surface area contributed by atoms with Crippen molar-refractivity contribution >= 4 is 12.0 Å². The van der Waals surface area contributed by atoms with Gasteiger partial charge < -0.3 is 18.9 Å². The highest BCUT2D eigenvalue weighted by Crippen LogP contribution is 2.28. The Kier molecular flexibility index (Phi) is 6.89. The van der Waals surface area contributed by atoms with Crippen molar-refractivity contribution in [1.82, 2.24) is 0 Å². The van der Waals surface area contributed by atoms with Gasteiger partial charge in [-0.2, -0.15) is 0 Å². The van der Waals surface area contributed by atoms with Crippen molar-refractivity contribution in [1.29, 1.82) is 0 Å². The average Bonchev–Trinajstić information content (AvgIpc) is 2.62. The largest absolute Gasteiger partial charge is 0.494 e. The van der Waals surface area contributed by atoms with Crippen molar-refractivity contribution < 1.29 is 23.7 Å². The fourth-order valence-electron chi connectivity index (χ4n) is 2.17. The van der Waals surface area contributed by atoms with Crippen molar-refractivity contribution in [2.45, 2.75) is 13.8 Å². The summed E-state index contributed by atoms with van der Waals surface area (Å²) in [7, 11) is 1.56. The second-order valence-electron chi connectivity index (χ2n) is 5.08. The summed E-state index contributed by atoms with van der Waals surface area (Å²) in [6, 6.07) is 12.3. The van der Waals surface area contributed by atoms with E-state index in [4.69, 9.17) is 18.9 Å². The topological polar surface area (TPSA) is 54.0 Å². The monoisotopic (exact) mass is 342 g/mol. The van der Waals surface area contributed by atoms with E-state index in [1.807, 2.05) is 38.1 Å². The number of allylic oxidation sites excluding steroid dienone is 1. The van der Waals surface area contributed by atoms with Crippen molar-refractivity contribution in [2.75, 3.05) is 20.3 Å². The number of carbonyl (C=O) groups is 1. The normalized spacial score (nSPS) is 10.5. The quantitative estimate of drug-likeness (QED) is 0.534. The highest BCUT2D eigenvalue weighted by molar-refractivity contribution is 5.74. The molecule has 0 amide bonds. The predicted octanol–water partition coefficient (Wildman–Crippen LogP) is 4.11. The van der Waals surface area contributed by atoms with Gasteiger partial charge in [0.2, 0.25) is 0 Å². The van der Waals surface area contributed by atoms with E-state index < -0.39 is 5.97 Å². The Morgan fingerprint density at radius 2 is 1.72 bits per heavy atom. The smallest absolute Gasteiger partial charge is 0.349 e. The molecule has 0 unspecified atom stereocenters. The first-order valence-corrected chi connectivity index (χ1v) is 8.03. The van der Waals surface area contributed by atoms with Crippen molar-refractivity contribution in [3.8, 4) is 23.0 Å². The van der Waals surface area contributed by atoms with Gasteiger partial charge in [-0.25, -0.2) is 4.79 Å². The molecule has 5 heteroatoms. The minimum atomic E-state index is -0.497. The number of ether oxygens (including phenoxy) is 4. The molecular weight excluding hydrogens is 320 g/mol. The summed E-state index contributed by atoms with van der Waals surface area (Å²) >= 11 is 0. The summed E-state index contributed by atoms with van der Waals surface area (Å²) < 4.78 is 21.4. The average molecular weight is 342 g/mol. The SMILES string of the molecule is C/C=C/c1ccc(OCC(=O)Oc2ccc(OCC)cc2)c(OC)c1. The molecule has 0 aliphatic rings. The van der Waals surface area contributed by atoms with Crippen LogP contribution in [0, 0.1) is 0 Å². The van der Waals surface area contributed by atoms with Crippen LogP contribution in [0.2, 0.25) is 0 Å². The van der Waals surface area contributed by atoms with Gasteiger partial charge in [-0.15, -0.1) is 0 Å². The molecular formula is C20H22O5. The van der Waals surface area contributed by atoms with Gasteiger partial charge >= 0.3 is 5.97 Å². The van der Waals surface area contributed by atoms with Gasteiger partial charge in [-0.05, 0) is 55.8 Å². The maximum absolute atomic E-state index is 11.9. The van der Waals surface area contributed by atoms with Gasteiger partial charge in [-0.1, -0.05) is 18.2 Å². The van der Waals surface area contributed by atoms with Gasteiger partial charge in [0.05, 0.1) is 13.7 Å². The molecule has 0 saturated heterocycles. The molecule has 2 aromatic carbocycles. The molecule has 2 rings (SSSR count). The molecule has 0 aliphatic heterocycles. The highest BCUT2D eigenvalue weighted by Gasteiger charge is 2.10. The van der Waals surface area contributed by atoms with Crippen LogP contribution in [0.3, 0.4) is 0 Å². The Labute approximate surface area is 147 Å². The number of hydrogen-bond donors (Lipinski definition) is 0. The molecule has 0 bridgehead atoms. The lowest BCUT2D eigenvalue weighted by molar-refractivity contribution is -0.136. The van der Waals surface area contributed by atoms with E-state index in [9.17, 15) is 4.79 Å². The zero-order valence-corrected chi connectivity index (χ0v) is 14.7. The van der Waals surface area contributed by atoms with Gasteiger partial charge in [-0.3, -0.25) is 0 Å². The third-order valence-corrected chi connectivity index (χ3v) is 3.26. The molecule has 0 N–H and O–H groups in total. The lowest BCUT2D eigenvalue weighted by Gasteiger charge is -2.11. The van der Waals surface area contributed by atoms with Gasteiger partial charge in [0.25, 0.3) is 0 Å². The molecule has 0 fully saturated rings. The first-order chi connectivity index (χ1) is 12.2. The van der Waals surface area contributed by atoms with Crippen LogP contribution in [-0.4, -0.2) is 26.3 Å². The van der Waals surface area contributed by atoms with E-state index in [0.717, 1.165) is 11.3 Å². The zero-order chi connectivity index (χ0) is 18.1. The van der Waals surface area contributed by atoms with Crippen LogP contribution in [0.4, 0.5) is 0 Å². The van der Waals surface area contributed by atoms with Gasteiger partial charge in [0, 0.05) is 0 Å². The minimum Gasteiger partial charge on any atom is -0.494 e. The van der Waals surface area contributed by atoms with Crippen LogP contribution >= 0.6 is 0 Å².